The molecule has 142 valence electrons. The van der Waals surface area contributed by atoms with Crippen LogP contribution in [0.15, 0.2) is 18.3 Å². The number of piperazine rings is 2. The first-order valence-corrected chi connectivity index (χ1v) is 9.54. The van der Waals surface area contributed by atoms with Crippen LogP contribution in [-0.2, 0) is 11.2 Å². The van der Waals surface area contributed by atoms with Crippen molar-refractivity contribution in [3.63, 3.8) is 0 Å². The smallest absolute Gasteiger partial charge is 0.254 e. The normalized spacial score (nSPS) is 21.7. The Morgan fingerprint density at radius 2 is 2.00 bits per heavy atom. The van der Waals surface area contributed by atoms with Crippen molar-refractivity contribution in [1.29, 1.82) is 0 Å². The summed E-state index contributed by atoms with van der Waals surface area (Å²) in [4.78, 5) is 36.3. The number of amides is 2. The molecular formula is C19H29N5O2. The van der Waals surface area contributed by atoms with E-state index in [0.29, 0.717) is 25.2 Å². The number of hydrogen-bond donors (Lipinski definition) is 1. The molecule has 3 heterocycles. The summed E-state index contributed by atoms with van der Waals surface area (Å²) in [7, 11) is 2.07. The molecule has 3 rings (SSSR count). The van der Waals surface area contributed by atoms with E-state index in [-0.39, 0.29) is 11.8 Å². The van der Waals surface area contributed by atoms with Gasteiger partial charge in [0.1, 0.15) is 6.04 Å². The zero-order chi connectivity index (χ0) is 18.5. The fourth-order valence-electron chi connectivity index (χ4n) is 3.58. The van der Waals surface area contributed by atoms with Crippen molar-refractivity contribution in [3.8, 4) is 0 Å². The van der Waals surface area contributed by atoms with Crippen molar-refractivity contribution in [2.45, 2.75) is 25.8 Å². The number of rotatable bonds is 4. The molecule has 7 heteroatoms. The Morgan fingerprint density at radius 1 is 1.23 bits per heavy atom. The highest BCUT2D eigenvalue weighted by Crippen LogP contribution is 2.15. The van der Waals surface area contributed by atoms with Crippen molar-refractivity contribution in [3.05, 3.63) is 29.6 Å². The van der Waals surface area contributed by atoms with Crippen LogP contribution in [0.25, 0.3) is 0 Å². The summed E-state index contributed by atoms with van der Waals surface area (Å²) < 4.78 is 0. The average Bonchev–Trinajstić information content (AvgIpc) is 2.68. The summed E-state index contributed by atoms with van der Waals surface area (Å²) in [5.74, 6) is -0.0137. The van der Waals surface area contributed by atoms with Gasteiger partial charge in [0.15, 0.2) is 0 Å². The topological polar surface area (TPSA) is 68.8 Å². The van der Waals surface area contributed by atoms with E-state index < -0.39 is 6.04 Å². The van der Waals surface area contributed by atoms with Gasteiger partial charge in [0.2, 0.25) is 5.91 Å². The van der Waals surface area contributed by atoms with Crippen LogP contribution >= 0.6 is 0 Å². The number of likely N-dealkylation sites (N-methyl/N-ethyl adjacent to an activating group) is 1. The minimum Gasteiger partial charge on any atom is -0.338 e. The Morgan fingerprint density at radius 3 is 2.73 bits per heavy atom. The van der Waals surface area contributed by atoms with Gasteiger partial charge in [0.25, 0.3) is 5.91 Å². The lowest BCUT2D eigenvalue weighted by Crippen LogP contribution is -2.62. The minimum absolute atomic E-state index is 0.0569. The molecule has 1 N–H and O–H groups in total. The van der Waals surface area contributed by atoms with E-state index in [1.165, 1.54) is 0 Å². The number of nitrogens with one attached hydrogen (secondary N) is 1. The molecule has 2 aliphatic heterocycles. The molecule has 2 amide bonds. The molecule has 2 fully saturated rings. The molecule has 1 atom stereocenters. The van der Waals surface area contributed by atoms with Gasteiger partial charge in [-0.15, -0.1) is 0 Å². The number of nitrogens with zero attached hydrogens (tertiary/aromatic N) is 4. The van der Waals surface area contributed by atoms with Gasteiger partial charge in [-0.1, -0.05) is 13.3 Å². The van der Waals surface area contributed by atoms with Gasteiger partial charge in [-0.05, 0) is 25.6 Å². The van der Waals surface area contributed by atoms with Gasteiger partial charge in [-0.25, -0.2) is 0 Å². The summed E-state index contributed by atoms with van der Waals surface area (Å²) in [6, 6.07) is 3.19. The van der Waals surface area contributed by atoms with Gasteiger partial charge in [-0.3, -0.25) is 14.6 Å². The molecule has 0 aliphatic carbocycles. The van der Waals surface area contributed by atoms with Gasteiger partial charge in [-0.2, -0.15) is 0 Å². The maximum atomic E-state index is 13.1. The van der Waals surface area contributed by atoms with E-state index in [9.17, 15) is 9.59 Å². The molecule has 7 nitrogen and oxygen atoms in total. The summed E-state index contributed by atoms with van der Waals surface area (Å²) in [5, 5.41) is 3.27. The molecule has 0 saturated carbocycles. The number of aryl methyl sites for hydroxylation is 1. The average molecular weight is 359 g/mol. The van der Waals surface area contributed by atoms with Crippen molar-refractivity contribution < 1.29 is 9.59 Å². The van der Waals surface area contributed by atoms with Crippen LogP contribution in [0.4, 0.5) is 0 Å². The predicted molar refractivity (Wildman–Crippen MR) is 100 cm³/mol. The van der Waals surface area contributed by atoms with E-state index in [1.54, 1.807) is 17.2 Å². The van der Waals surface area contributed by atoms with Crippen molar-refractivity contribution >= 4 is 11.8 Å². The predicted octanol–water partition coefficient (Wildman–Crippen LogP) is 0.222. The highest BCUT2D eigenvalue weighted by molar-refractivity contribution is 5.97. The van der Waals surface area contributed by atoms with Crippen molar-refractivity contribution in [1.82, 2.24) is 25.0 Å². The SMILES string of the molecule is CCCc1cc(C(=O)N2CCNC[C@@H]2C(=O)N2CCN(C)CC2)ccn1. The number of aromatic nitrogens is 1. The lowest BCUT2D eigenvalue weighted by molar-refractivity contribution is -0.138. The zero-order valence-corrected chi connectivity index (χ0v) is 15.8. The molecule has 0 spiro atoms. The number of hydrogen-bond acceptors (Lipinski definition) is 5. The fraction of sp³-hybridized carbons (Fsp3) is 0.632. The maximum absolute atomic E-state index is 13.1. The Labute approximate surface area is 155 Å². The standard InChI is InChI=1S/C19H29N5O2/c1-3-4-16-13-15(5-6-21-16)18(25)24-8-7-20-14-17(24)19(26)23-11-9-22(2)10-12-23/h5-6,13,17,20H,3-4,7-12,14H2,1-2H3/t17-/m1/s1. The Bertz CT molecular complexity index is 643. The second-order valence-electron chi connectivity index (χ2n) is 7.13. The first-order valence-electron chi connectivity index (χ1n) is 9.54. The summed E-state index contributed by atoms with van der Waals surface area (Å²) >= 11 is 0. The van der Waals surface area contributed by atoms with E-state index in [4.69, 9.17) is 0 Å². The Balaban J connectivity index is 1.74. The first-order chi connectivity index (χ1) is 12.6. The number of carbonyl (C=O) groups is 2. The van der Waals surface area contributed by atoms with Crippen LogP contribution in [0, 0.1) is 0 Å². The number of pyridine rings is 1. The second kappa shape index (κ2) is 8.60. The van der Waals surface area contributed by atoms with Gasteiger partial charge >= 0.3 is 0 Å². The van der Waals surface area contributed by atoms with E-state index in [0.717, 1.165) is 44.7 Å². The third kappa shape index (κ3) is 4.22. The lowest BCUT2D eigenvalue weighted by atomic mass is 10.1. The third-order valence-electron chi connectivity index (χ3n) is 5.17. The zero-order valence-electron chi connectivity index (χ0n) is 15.8. The van der Waals surface area contributed by atoms with Crippen LogP contribution in [0.2, 0.25) is 0 Å². The molecule has 0 unspecified atom stereocenters. The second-order valence-corrected chi connectivity index (χ2v) is 7.13. The summed E-state index contributed by atoms with van der Waals surface area (Å²) in [6.07, 6.45) is 3.53. The molecule has 2 saturated heterocycles. The van der Waals surface area contributed by atoms with E-state index >= 15 is 0 Å². The molecule has 0 bridgehead atoms. The third-order valence-corrected chi connectivity index (χ3v) is 5.17. The van der Waals surface area contributed by atoms with E-state index in [2.05, 4.69) is 29.2 Å². The summed E-state index contributed by atoms with van der Waals surface area (Å²) in [6.45, 7) is 7.09. The van der Waals surface area contributed by atoms with Crippen LogP contribution < -0.4 is 5.32 Å². The van der Waals surface area contributed by atoms with Crippen LogP contribution in [0.5, 0.6) is 0 Å². The maximum Gasteiger partial charge on any atom is 0.254 e. The first kappa shape index (κ1) is 18.8. The highest BCUT2D eigenvalue weighted by Gasteiger charge is 2.36. The molecule has 0 radical (unpaired) electrons. The highest BCUT2D eigenvalue weighted by atomic mass is 16.2. The minimum atomic E-state index is -0.428. The van der Waals surface area contributed by atoms with Gasteiger partial charge in [0.05, 0.1) is 0 Å². The molecule has 26 heavy (non-hydrogen) atoms. The molecule has 1 aromatic rings. The molecular weight excluding hydrogens is 330 g/mol. The largest absolute Gasteiger partial charge is 0.338 e. The Hall–Kier alpha value is -1.99. The van der Waals surface area contributed by atoms with Gasteiger partial charge in [0, 0.05) is 63.3 Å². The lowest BCUT2D eigenvalue weighted by Gasteiger charge is -2.40. The fourth-order valence-corrected chi connectivity index (χ4v) is 3.58. The summed E-state index contributed by atoms with van der Waals surface area (Å²) in [5.41, 5.74) is 1.55. The van der Waals surface area contributed by atoms with Crippen LogP contribution in [0.1, 0.15) is 29.4 Å². The monoisotopic (exact) mass is 359 g/mol. The van der Waals surface area contributed by atoms with Crippen LogP contribution in [0.3, 0.4) is 0 Å². The number of carbonyl (C=O) groups excluding carboxylic acids is 2. The molecule has 0 aromatic carbocycles. The van der Waals surface area contributed by atoms with Gasteiger partial charge < -0.3 is 20.0 Å². The Kier molecular flexibility index (Phi) is 6.21. The van der Waals surface area contributed by atoms with E-state index in [1.807, 2.05) is 11.0 Å². The van der Waals surface area contributed by atoms with Crippen molar-refractivity contribution in [2.75, 3.05) is 52.9 Å². The molecule has 2 aliphatic rings. The van der Waals surface area contributed by atoms with Crippen molar-refractivity contribution in [2.24, 2.45) is 0 Å². The molecule has 1 aromatic heterocycles. The quantitative estimate of drug-likeness (QED) is 0.833. The van der Waals surface area contributed by atoms with Crippen LogP contribution in [-0.4, -0.2) is 90.4 Å².